The van der Waals surface area contributed by atoms with Crippen LogP contribution in [0, 0.1) is 3.57 Å². The number of anilines is 1. The number of carbonyl (C=O) groups excluding carboxylic acids is 2. The predicted molar refractivity (Wildman–Crippen MR) is 99.8 cm³/mol. The summed E-state index contributed by atoms with van der Waals surface area (Å²) in [5.74, 6) is 0.0892. The summed E-state index contributed by atoms with van der Waals surface area (Å²) in [4.78, 5) is 28.4. The van der Waals surface area contributed by atoms with Crippen LogP contribution in [-0.4, -0.2) is 67.0 Å². The molecule has 2 aliphatic rings. The summed E-state index contributed by atoms with van der Waals surface area (Å²) in [6.07, 6.45) is 1.55. The first-order valence-electron chi connectivity index (χ1n) is 8.30. The summed E-state index contributed by atoms with van der Waals surface area (Å²) in [7, 11) is 0. The minimum atomic E-state index is -0.250. The van der Waals surface area contributed by atoms with E-state index in [1.165, 1.54) is 0 Å². The molecule has 2 saturated heterocycles. The van der Waals surface area contributed by atoms with E-state index >= 15 is 0 Å². The van der Waals surface area contributed by atoms with Gasteiger partial charge in [0.05, 0.1) is 6.54 Å². The van der Waals surface area contributed by atoms with Crippen LogP contribution in [0.25, 0.3) is 0 Å². The van der Waals surface area contributed by atoms with Gasteiger partial charge in [-0.15, -0.1) is 0 Å². The van der Waals surface area contributed by atoms with Gasteiger partial charge in [0.25, 0.3) is 5.91 Å². The molecule has 1 atom stereocenters. The zero-order chi connectivity index (χ0) is 16.9. The molecule has 7 heteroatoms. The lowest BCUT2D eigenvalue weighted by molar-refractivity contribution is -0.142. The lowest BCUT2D eigenvalue weighted by Gasteiger charge is -2.35. The third-order valence-corrected chi connectivity index (χ3v) is 5.04. The molecule has 0 aromatic heterocycles. The first-order chi connectivity index (χ1) is 11.6. The van der Waals surface area contributed by atoms with E-state index in [0.29, 0.717) is 26.2 Å². The Balaban J connectivity index is 1.43. The molecule has 1 aromatic carbocycles. The van der Waals surface area contributed by atoms with Crippen LogP contribution in [0.15, 0.2) is 24.3 Å². The van der Waals surface area contributed by atoms with Gasteiger partial charge in [-0.3, -0.25) is 14.5 Å². The highest BCUT2D eigenvalue weighted by molar-refractivity contribution is 14.1. The maximum Gasteiger partial charge on any atom is 0.251 e. The quantitative estimate of drug-likeness (QED) is 0.718. The van der Waals surface area contributed by atoms with E-state index in [4.69, 9.17) is 4.74 Å². The number of nitrogens with one attached hydrogen (secondary N) is 1. The number of piperazine rings is 1. The molecule has 0 aliphatic carbocycles. The Labute approximate surface area is 155 Å². The highest BCUT2D eigenvalue weighted by Crippen LogP contribution is 2.16. The Hall–Kier alpha value is -1.19. The Bertz CT molecular complexity index is 596. The van der Waals surface area contributed by atoms with Crippen LogP contribution in [0.1, 0.15) is 12.8 Å². The number of carbonyl (C=O) groups is 2. The molecule has 2 heterocycles. The molecule has 3 rings (SSSR count). The first-order valence-corrected chi connectivity index (χ1v) is 9.38. The van der Waals surface area contributed by atoms with Gasteiger partial charge in [-0.2, -0.15) is 0 Å². The Morgan fingerprint density at radius 3 is 2.71 bits per heavy atom. The minimum Gasteiger partial charge on any atom is -0.368 e. The van der Waals surface area contributed by atoms with Gasteiger partial charge in [0.2, 0.25) is 5.91 Å². The number of benzene rings is 1. The predicted octanol–water partition coefficient (Wildman–Crippen LogP) is 1.55. The molecule has 24 heavy (non-hydrogen) atoms. The second kappa shape index (κ2) is 8.26. The van der Waals surface area contributed by atoms with E-state index in [2.05, 4.69) is 32.8 Å². The van der Waals surface area contributed by atoms with Gasteiger partial charge in [0, 0.05) is 42.0 Å². The molecule has 0 spiro atoms. The maximum absolute atomic E-state index is 12.3. The van der Waals surface area contributed by atoms with Crippen molar-refractivity contribution < 1.29 is 14.3 Å². The van der Waals surface area contributed by atoms with Crippen molar-refractivity contribution in [1.29, 1.82) is 0 Å². The minimum absolute atomic E-state index is 0.0177. The van der Waals surface area contributed by atoms with E-state index in [1.54, 1.807) is 0 Å². The molecule has 0 radical (unpaired) electrons. The number of hydrogen-bond acceptors (Lipinski definition) is 4. The van der Waals surface area contributed by atoms with Crippen molar-refractivity contribution in [3.63, 3.8) is 0 Å². The van der Waals surface area contributed by atoms with Crippen molar-refractivity contribution in [3.05, 3.63) is 27.8 Å². The average molecular weight is 443 g/mol. The topological polar surface area (TPSA) is 61.9 Å². The summed E-state index contributed by atoms with van der Waals surface area (Å²) in [6.45, 7) is 3.81. The summed E-state index contributed by atoms with van der Waals surface area (Å²) >= 11 is 2.22. The third-order valence-electron chi connectivity index (χ3n) is 4.36. The fourth-order valence-electron chi connectivity index (χ4n) is 3.07. The van der Waals surface area contributed by atoms with Gasteiger partial charge in [0.15, 0.2) is 0 Å². The van der Waals surface area contributed by atoms with Gasteiger partial charge in [-0.25, -0.2) is 0 Å². The number of nitrogens with zero attached hydrogens (tertiary/aromatic N) is 2. The zero-order valence-electron chi connectivity index (χ0n) is 13.5. The van der Waals surface area contributed by atoms with Gasteiger partial charge in [-0.1, -0.05) is 6.07 Å². The molecule has 2 amide bonds. The summed E-state index contributed by atoms with van der Waals surface area (Å²) in [5, 5.41) is 2.92. The molecular weight excluding hydrogens is 421 g/mol. The standard InChI is InChI=1S/C17H22IN3O3/c18-13-3-1-4-14(11-13)19-16(22)12-20-6-8-21(9-7-20)17(23)15-5-2-10-24-15/h1,3-4,11,15H,2,5-10,12H2,(H,19,22). The molecule has 0 bridgehead atoms. The smallest absolute Gasteiger partial charge is 0.251 e. The monoisotopic (exact) mass is 443 g/mol. The van der Waals surface area contributed by atoms with Crippen molar-refractivity contribution >= 4 is 40.1 Å². The van der Waals surface area contributed by atoms with E-state index in [0.717, 1.165) is 35.2 Å². The summed E-state index contributed by atoms with van der Waals surface area (Å²) < 4.78 is 6.56. The average Bonchev–Trinajstić information content (AvgIpc) is 3.09. The number of amides is 2. The third kappa shape index (κ3) is 4.67. The van der Waals surface area contributed by atoms with E-state index in [9.17, 15) is 9.59 Å². The molecule has 1 N–H and O–H groups in total. The molecule has 2 fully saturated rings. The maximum atomic E-state index is 12.3. The largest absolute Gasteiger partial charge is 0.368 e. The van der Waals surface area contributed by atoms with E-state index in [-0.39, 0.29) is 17.9 Å². The molecule has 6 nitrogen and oxygen atoms in total. The van der Waals surface area contributed by atoms with Crippen molar-refractivity contribution in [2.24, 2.45) is 0 Å². The first kappa shape index (κ1) is 17.6. The number of rotatable bonds is 4. The van der Waals surface area contributed by atoms with Crippen LogP contribution < -0.4 is 5.32 Å². The molecule has 2 aliphatic heterocycles. The van der Waals surface area contributed by atoms with Crippen LogP contribution in [-0.2, 0) is 14.3 Å². The lowest BCUT2D eigenvalue weighted by Crippen LogP contribution is -2.52. The fraction of sp³-hybridized carbons (Fsp3) is 0.529. The summed E-state index contributed by atoms with van der Waals surface area (Å²) in [6, 6.07) is 7.74. The van der Waals surface area contributed by atoms with Gasteiger partial charge < -0.3 is 15.0 Å². The van der Waals surface area contributed by atoms with Crippen LogP contribution in [0.5, 0.6) is 0 Å². The Morgan fingerprint density at radius 1 is 1.25 bits per heavy atom. The van der Waals surface area contributed by atoms with Crippen LogP contribution >= 0.6 is 22.6 Å². The molecular formula is C17H22IN3O3. The lowest BCUT2D eigenvalue weighted by atomic mass is 10.2. The summed E-state index contributed by atoms with van der Waals surface area (Å²) in [5.41, 5.74) is 0.819. The highest BCUT2D eigenvalue weighted by Gasteiger charge is 2.30. The number of halogens is 1. The SMILES string of the molecule is O=C(CN1CCN(C(=O)C2CCCO2)CC1)Nc1cccc(I)c1. The van der Waals surface area contributed by atoms with Crippen LogP contribution in [0.2, 0.25) is 0 Å². The molecule has 130 valence electrons. The fourth-order valence-corrected chi connectivity index (χ4v) is 3.62. The van der Waals surface area contributed by atoms with Gasteiger partial charge in [0.1, 0.15) is 6.10 Å². The molecule has 1 unspecified atom stereocenters. The Kier molecular flexibility index (Phi) is 6.07. The van der Waals surface area contributed by atoms with Crippen molar-refractivity contribution in [3.8, 4) is 0 Å². The van der Waals surface area contributed by atoms with E-state index in [1.807, 2.05) is 29.2 Å². The second-order valence-corrected chi connectivity index (χ2v) is 7.41. The van der Waals surface area contributed by atoms with Crippen molar-refractivity contribution in [2.45, 2.75) is 18.9 Å². The highest BCUT2D eigenvalue weighted by atomic mass is 127. The van der Waals surface area contributed by atoms with Crippen LogP contribution in [0.3, 0.4) is 0 Å². The molecule has 0 saturated carbocycles. The Morgan fingerprint density at radius 2 is 2.04 bits per heavy atom. The van der Waals surface area contributed by atoms with Crippen molar-refractivity contribution in [2.75, 3.05) is 44.6 Å². The number of ether oxygens (including phenoxy) is 1. The van der Waals surface area contributed by atoms with Crippen LogP contribution in [0.4, 0.5) is 5.69 Å². The van der Waals surface area contributed by atoms with Crippen molar-refractivity contribution in [1.82, 2.24) is 9.80 Å². The van der Waals surface area contributed by atoms with Gasteiger partial charge in [-0.05, 0) is 53.6 Å². The van der Waals surface area contributed by atoms with E-state index < -0.39 is 0 Å². The van der Waals surface area contributed by atoms with Gasteiger partial charge >= 0.3 is 0 Å². The second-order valence-electron chi connectivity index (χ2n) is 6.16. The zero-order valence-corrected chi connectivity index (χ0v) is 15.7. The normalized spacial score (nSPS) is 21.7. The number of hydrogen-bond donors (Lipinski definition) is 1. The molecule has 1 aromatic rings.